The van der Waals surface area contributed by atoms with E-state index in [1.807, 2.05) is 30.5 Å². The summed E-state index contributed by atoms with van der Waals surface area (Å²) in [7, 11) is 0. The van der Waals surface area contributed by atoms with Gasteiger partial charge in [-0.15, -0.1) is 0 Å². The average Bonchev–Trinajstić information content (AvgIpc) is 2.41. The van der Waals surface area contributed by atoms with Crippen LogP contribution in [0.3, 0.4) is 0 Å². The molecule has 0 spiro atoms. The Kier molecular flexibility index (Phi) is 4.66. The van der Waals surface area contributed by atoms with E-state index < -0.39 is 0 Å². The lowest BCUT2D eigenvalue weighted by Gasteiger charge is -2.18. The van der Waals surface area contributed by atoms with Crippen molar-refractivity contribution in [3.05, 3.63) is 70.3 Å². The fourth-order valence-corrected chi connectivity index (χ4v) is 2.14. The van der Waals surface area contributed by atoms with Gasteiger partial charge in [-0.2, -0.15) is 0 Å². The average molecular weight is 330 g/mol. The molecule has 0 bridgehead atoms. The molecule has 0 saturated carbocycles. The standard InChI is InChI=1S/C18H20BrN/c1-18(2,3)15-6-4-14(5-7-15)12-13-20-17-10-8-16(19)9-11-17/h4-13,20H,1-3H3/b13-12+. The highest BCUT2D eigenvalue weighted by Crippen LogP contribution is 2.22. The lowest BCUT2D eigenvalue weighted by atomic mass is 9.87. The maximum absolute atomic E-state index is 3.43. The highest BCUT2D eigenvalue weighted by Gasteiger charge is 2.12. The number of benzene rings is 2. The Labute approximate surface area is 129 Å². The van der Waals surface area contributed by atoms with Crippen LogP contribution in [0.25, 0.3) is 6.08 Å². The van der Waals surface area contributed by atoms with Crippen LogP contribution in [0.15, 0.2) is 59.2 Å². The number of hydrogen-bond acceptors (Lipinski definition) is 1. The minimum atomic E-state index is 0.206. The lowest BCUT2D eigenvalue weighted by Crippen LogP contribution is -2.10. The van der Waals surface area contributed by atoms with E-state index in [0.717, 1.165) is 10.2 Å². The van der Waals surface area contributed by atoms with Crippen LogP contribution in [0.5, 0.6) is 0 Å². The van der Waals surface area contributed by atoms with Gasteiger partial charge in [0.05, 0.1) is 0 Å². The summed E-state index contributed by atoms with van der Waals surface area (Å²) in [6, 6.07) is 16.8. The van der Waals surface area contributed by atoms with E-state index in [1.165, 1.54) is 11.1 Å². The van der Waals surface area contributed by atoms with Crippen LogP contribution in [0.2, 0.25) is 0 Å². The van der Waals surface area contributed by atoms with Crippen molar-refractivity contribution in [3.8, 4) is 0 Å². The van der Waals surface area contributed by atoms with E-state index >= 15 is 0 Å². The van der Waals surface area contributed by atoms with Gasteiger partial charge in [0.2, 0.25) is 0 Å². The molecule has 2 heteroatoms. The van der Waals surface area contributed by atoms with Gasteiger partial charge in [0, 0.05) is 16.4 Å². The number of rotatable bonds is 3. The van der Waals surface area contributed by atoms with Crippen molar-refractivity contribution in [3.63, 3.8) is 0 Å². The summed E-state index contributed by atoms with van der Waals surface area (Å²) < 4.78 is 1.09. The first kappa shape index (κ1) is 14.9. The molecule has 2 aromatic rings. The Morgan fingerprint density at radius 3 is 2.05 bits per heavy atom. The Bertz CT molecular complexity index is 574. The van der Waals surface area contributed by atoms with Crippen LogP contribution in [0, 0.1) is 0 Å². The van der Waals surface area contributed by atoms with Crippen molar-refractivity contribution in [1.82, 2.24) is 0 Å². The molecule has 1 N–H and O–H groups in total. The molecule has 104 valence electrons. The van der Waals surface area contributed by atoms with Crippen molar-refractivity contribution in [1.29, 1.82) is 0 Å². The van der Waals surface area contributed by atoms with Gasteiger partial charge in [-0.1, -0.05) is 61.0 Å². The topological polar surface area (TPSA) is 12.0 Å². The van der Waals surface area contributed by atoms with Crippen molar-refractivity contribution in [2.75, 3.05) is 5.32 Å². The predicted molar refractivity (Wildman–Crippen MR) is 91.9 cm³/mol. The zero-order valence-electron chi connectivity index (χ0n) is 12.2. The van der Waals surface area contributed by atoms with E-state index in [9.17, 15) is 0 Å². The van der Waals surface area contributed by atoms with Gasteiger partial charge in [0.1, 0.15) is 0 Å². The van der Waals surface area contributed by atoms with Crippen LogP contribution in [0.1, 0.15) is 31.9 Å². The summed E-state index contributed by atoms with van der Waals surface area (Å²) in [6.45, 7) is 6.69. The van der Waals surface area contributed by atoms with Crippen molar-refractivity contribution in [2.45, 2.75) is 26.2 Å². The monoisotopic (exact) mass is 329 g/mol. The summed E-state index contributed by atoms with van der Waals surface area (Å²) in [4.78, 5) is 0. The second-order valence-electron chi connectivity index (χ2n) is 5.86. The van der Waals surface area contributed by atoms with Crippen LogP contribution in [-0.2, 0) is 5.41 Å². The van der Waals surface area contributed by atoms with E-state index in [2.05, 4.69) is 72.4 Å². The number of anilines is 1. The zero-order valence-corrected chi connectivity index (χ0v) is 13.7. The second kappa shape index (κ2) is 6.27. The third-order valence-electron chi connectivity index (χ3n) is 3.15. The summed E-state index contributed by atoms with van der Waals surface area (Å²) in [5.74, 6) is 0. The maximum atomic E-state index is 3.43. The van der Waals surface area contributed by atoms with Crippen LogP contribution in [-0.4, -0.2) is 0 Å². The molecular formula is C18H20BrN. The molecule has 0 unspecified atom stereocenters. The van der Waals surface area contributed by atoms with Gasteiger partial charge in [-0.25, -0.2) is 0 Å². The van der Waals surface area contributed by atoms with Gasteiger partial charge in [-0.3, -0.25) is 0 Å². The van der Waals surface area contributed by atoms with Gasteiger partial charge < -0.3 is 5.32 Å². The lowest BCUT2D eigenvalue weighted by molar-refractivity contribution is 0.590. The normalized spacial score (nSPS) is 11.8. The van der Waals surface area contributed by atoms with Gasteiger partial charge in [-0.05, 0) is 46.9 Å². The molecule has 0 aromatic heterocycles. The van der Waals surface area contributed by atoms with Crippen molar-refractivity contribution >= 4 is 27.7 Å². The van der Waals surface area contributed by atoms with E-state index in [0.29, 0.717) is 0 Å². The molecule has 0 heterocycles. The van der Waals surface area contributed by atoms with E-state index in [1.54, 1.807) is 0 Å². The molecule has 2 rings (SSSR count). The highest BCUT2D eigenvalue weighted by molar-refractivity contribution is 9.10. The number of halogens is 1. The minimum absolute atomic E-state index is 0.206. The molecule has 0 radical (unpaired) electrons. The fourth-order valence-electron chi connectivity index (χ4n) is 1.87. The predicted octanol–water partition coefficient (Wildman–Crippen LogP) is 5.83. The summed E-state index contributed by atoms with van der Waals surface area (Å²) in [5, 5.41) is 3.26. The fraction of sp³-hybridized carbons (Fsp3) is 0.222. The number of hydrogen-bond donors (Lipinski definition) is 1. The molecule has 0 atom stereocenters. The Hall–Kier alpha value is -1.54. The SMILES string of the molecule is CC(C)(C)c1ccc(/C=C/Nc2ccc(Br)cc2)cc1. The quantitative estimate of drug-likeness (QED) is 0.746. The Morgan fingerprint density at radius 2 is 1.50 bits per heavy atom. The molecule has 0 aliphatic heterocycles. The Morgan fingerprint density at radius 1 is 0.900 bits per heavy atom. The third kappa shape index (κ3) is 4.24. The van der Waals surface area contributed by atoms with Gasteiger partial charge >= 0.3 is 0 Å². The summed E-state index contributed by atoms with van der Waals surface area (Å²) in [5.41, 5.74) is 3.84. The summed E-state index contributed by atoms with van der Waals surface area (Å²) >= 11 is 3.43. The van der Waals surface area contributed by atoms with E-state index in [4.69, 9.17) is 0 Å². The molecule has 0 aliphatic rings. The molecule has 0 fully saturated rings. The smallest absolute Gasteiger partial charge is 0.0380 e. The molecule has 1 nitrogen and oxygen atoms in total. The molecule has 0 aliphatic carbocycles. The maximum Gasteiger partial charge on any atom is 0.0380 e. The zero-order chi connectivity index (χ0) is 14.6. The first-order valence-corrected chi connectivity index (χ1v) is 7.54. The van der Waals surface area contributed by atoms with Gasteiger partial charge in [0.25, 0.3) is 0 Å². The molecule has 0 amide bonds. The van der Waals surface area contributed by atoms with Crippen molar-refractivity contribution in [2.24, 2.45) is 0 Å². The second-order valence-corrected chi connectivity index (χ2v) is 6.77. The van der Waals surface area contributed by atoms with Gasteiger partial charge in [0.15, 0.2) is 0 Å². The molecule has 20 heavy (non-hydrogen) atoms. The van der Waals surface area contributed by atoms with E-state index in [-0.39, 0.29) is 5.41 Å². The highest BCUT2D eigenvalue weighted by atomic mass is 79.9. The minimum Gasteiger partial charge on any atom is -0.362 e. The largest absolute Gasteiger partial charge is 0.362 e. The van der Waals surface area contributed by atoms with Crippen LogP contribution < -0.4 is 5.32 Å². The molecule has 2 aromatic carbocycles. The van der Waals surface area contributed by atoms with Crippen LogP contribution >= 0.6 is 15.9 Å². The summed E-state index contributed by atoms with van der Waals surface area (Å²) in [6.07, 6.45) is 4.05. The molecular weight excluding hydrogens is 310 g/mol. The first-order chi connectivity index (χ1) is 9.45. The number of nitrogens with one attached hydrogen (secondary N) is 1. The van der Waals surface area contributed by atoms with Crippen molar-refractivity contribution < 1.29 is 0 Å². The molecule has 0 saturated heterocycles. The third-order valence-corrected chi connectivity index (χ3v) is 3.68. The first-order valence-electron chi connectivity index (χ1n) is 6.74. The Balaban J connectivity index is 1.99. The van der Waals surface area contributed by atoms with Crippen LogP contribution in [0.4, 0.5) is 5.69 Å².